The average molecular weight is 318 g/mol. The fraction of sp³-hybridized carbons (Fsp3) is 0.462. The van der Waals surface area contributed by atoms with Crippen molar-refractivity contribution in [1.29, 1.82) is 0 Å². The van der Waals surface area contributed by atoms with Gasteiger partial charge in [0.1, 0.15) is 10.7 Å². The largest absolute Gasteiger partial charge is 0.380 e. The van der Waals surface area contributed by atoms with Crippen LogP contribution in [-0.2, 0) is 14.8 Å². The number of carbonyl (C=O) groups is 1. The molecule has 6 nitrogen and oxygen atoms in total. The Kier molecular flexibility index (Phi) is 6.73. The van der Waals surface area contributed by atoms with E-state index in [-0.39, 0.29) is 12.1 Å². The monoisotopic (exact) mass is 318 g/mol. The number of sulfonamides is 1. The van der Waals surface area contributed by atoms with Gasteiger partial charge in [0.2, 0.25) is 10.0 Å². The van der Waals surface area contributed by atoms with Crippen molar-refractivity contribution in [3.63, 3.8) is 0 Å². The highest BCUT2D eigenvalue weighted by Gasteiger charge is 2.17. The van der Waals surface area contributed by atoms with E-state index in [1.807, 2.05) is 6.92 Å². The number of ether oxygens (including phenoxy) is 1. The van der Waals surface area contributed by atoms with E-state index in [9.17, 15) is 17.6 Å². The summed E-state index contributed by atoms with van der Waals surface area (Å²) in [7, 11) is -4.20. The Morgan fingerprint density at radius 3 is 2.71 bits per heavy atom. The highest BCUT2D eigenvalue weighted by molar-refractivity contribution is 7.89. The molecular formula is C13H19FN2O4S. The number of nitrogens with one attached hydrogen (secondary N) is 1. The fourth-order valence-electron chi connectivity index (χ4n) is 1.55. The molecule has 0 aliphatic carbocycles. The molecule has 0 bridgehead atoms. The SMILES string of the molecule is CCCCOCCNC(=O)c1ccc(F)c(S(N)(=O)=O)c1. The van der Waals surface area contributed by atoms with Crippen LogP contribution in [0.25, 0.3) is 0 Å². The van der Waals surface area contributed by atoms with Gasteiger partial charge in [-0.1, -0.05) is 13.3 Å². The first-order valence-electron chi connectivity index (χ1n) is 6.54. The van der Waals surface area contributed by atoms with Crippen LogP contribution in [0.1, 0.15) is 30.1 Å². The third kappa shape index (κ3) is 5.78. The molecule has 1 rings (SSSR count). The second kappa shape index (κ2) is 8.06. The first-order valence-corrected chi connectivity index (χ1v) is 8.09. The molecule has 0 radical (unpaired) electrons. The third-order valence-corrected chi connectivity index (χ3v) is 3.60. The number of benzene rings is 1. The van der Waals surface area contributed by atoms with E-state index in [4.69, 9.17) is 9.88 Å². The number of amides is 1. The number of hydrogen-bond donors (Lipinski definition) is 2. The van der Waals surface area contributed by atoms with E-state index in [1.165, 1.54) is 6.07 Å². The van der Waals surface area contributed by atoms with Gasteiger partial charge in [-0.05, 0) is 24.6 Å². The second-order valence-corrected chi connectivity index (χ2v) is 5.94. The Labute approximate surface area is 123 Å². The van der Waals surface area contributed by atoms with Crippen LogP contribution in [-0.4, -0.2) is 34.1 Å². The molecule has 0 heterocycles. The molecule has 1 aromatic rings. The molecule has 8 heteroatoms. The molecule has 0 aromatic heterocycles. The molecule has 0 saturated heterocycles. The van der Waals surface area contributed by atoms with Crippen molar-refractivity contribution >= 4 is 15.9 Å². The molecule has 1 aromatic carbocycles. The first-order chi connectivity index (χ1) is 9.86. The van der Waals surface area contributed by atoms with Crippen molar-refractivity contribution in [2.45, 2.75) is 24.7 Å². The molecule has 21 heavy (non-hydrogen) atoms. The third-order valence-electron chi connectivity index (χ3n) is 2.67. The fourth-order valence-corrected chi connectivity index (χ4v) is 2.18. The molecule has 0 fully saturated rings. The van der Waals surface area contributed by atoms with Crippen LogP contribution in [0, 0.1) is 5.82 Å². The molecule has 0 unspecified atom stereocenters. The summed E-state index contributed by atoms with van der Waals surface area (Å²) in [4.78, 5) is 11.1. The van der Waals surface area contributed by atoms with Crippen LogP contribution in [0.5, 0.6) is 0 Å². The van der Waals surface area contributed by atoms with Crippen LogP contribution in [0.4, 0.5) is 4.39 Å². The highest BCUT2D eigenvalue weighted by Crippen LogP contribution is 2.14. The number of nitrogens with two attached hydrogens (primary N) is 1. The van der Waals surface area contributed by atoms with E-state index in [1.54, 1.807) is 0 Å². The second-order valence-electron chi connectivity index (χ2n) is 4.41. The quantitative estimate of drug-likeness (QED) is 0.699. The zero-order valence-corrected chi connectivity index (χ0v) is 12.6. The van der Waals surface area contributed by atoms with Crippen molar-refractivity contribution in [3.05, 3.63) is 29.6 Å². The minimum absolute atomic E-state index is 0.0222. The van der Waals surface area contributed by atoms with Gasteiger partial charge >= 0.3 is 0 Å². The van der Waals surface area contributed by atoms with Crippen LogP contribution in [0.3, 0.4) is 0 Å². The molecule has 0 aliphatic rings. The number of carbonyl (C=O) groups excluding carboxylic acids is 1. The summed E-state index contributed by atoms with van der Waals surface area (Å²) in [6, 6.07) is 3.00. The van der Waals surface area contributed by atoms with Gasteiger partial charge in [-0.15, -0.1) is 0 Å². The van der Waals surface area contributed by atoms with Gasteiger partial charge in [-0.2, -0.15) is 0 Å². The normalized spacial score (nSPS) is 11.4. The lowest BCUT2D eigenvalue weighted by Crippen LogP contribution is -2.27. The predicted molar refractivity (Wildman–Crippen MR) is 75.8 cm³/mol. The lowest BCUT2D eigenvalue weighted by molar-refractivity contribution is 0.0912. The van der Waals surface area contributed by atoms with E-state index in [0.717, 1.165) is 25.0 Å². The zero-order chi connectivity index (χ0) is 15.9. The van der Waals surface area contributed by atoms with Crippen molar-refractivity contribution in [2.75, 3.05) is 19.8 Å². The highest BCUT2D eigenvalue weighted by atomic mass is 32.2. The Morgan fingerprint density at radius 1 is 1.38 bits per heavy atom. The van der Waals surface area contributed by atoms with Crippen molar-refractivity contribution < 1.29 is 22.3 Å². The summed E-state index contributed by atoms with van der Waals surface area (Å²) in [6.07, 6.45) is 1.97. The number of primary sulfonamides is 1. The van der Waals surface area contributed by atoms with Crippen LogP contribution in [0.2, 0.25) is 0 Å². The topological polar surface area (TPSA) is 98.5 Å². The maximum Gasteiger partial charge on any atom is 0.251 e. The van der Waals surface area contributed by atoms with Gasteiger partial charge in [-0.25, -0.2) is 17.9 Å². The lowest BCUT2D eigenvalue weighted by atomic mass is 10.2. The lowest BCUT2D eigenvalue weighted by Gasteiger charge is -2.07. The van der Waals surface area contributed by atoms with Gasteiger partial charge in [-0.3, -0.25) is 4.79 Å². The van der Waals surface area contributed by atoms with E-state index in [0.29, 0.717) is 13.2 Å². The summed E-state index contributed by atoms with van der Waals surface area (Å²) >= 11 is 0. The van der Waals surface area contributed by atoms with Crippen molar-refractivity contribution in [3.8, 4) is 0 Å². The van der Waals surface area contributed by atoms with Crippen LogP contribution < -0.4 is 10.5 Å². The summed E-state index contributed by atoms with van der Waals surface area (Å²) in [6.45, 7) is 3.31. The van der Waals surface area contributed by atoms with Gasteiger partial charge in [0.05, 0.1) is 6.61 Å². The number of hydrogen-bond acceptors (Lipinski definition) is 4. The Balaban J connectivity index is 2.59. The number of halogens is 1. The minimum atomic E-state index is -4.20. The Morgan fingerprint density at radius 2 is 2.10 bits per heavy atom. The number of rotatable bonds is 8. The van der Waals surface area contributed by atoms with Gasteiger partial charge in [0.15, 0.2) is 0 Å². The average Bonchev–Trinajstić information content (AvgIpc) is 2.41. The summed E-state index contributed by atoms with van der Waals surface area (Å²) in [5, 5.41) is 7.43. The molecule has 3 N–H and O–H groups in total. The molecule has 0 saturated carbocycles. The van der Waals surface area contributed by atoms with Gasteiger partial charge < -0.3 is 10.1 Å². The summed E-state index contributed by atoms with van der Waals surface area (Å²) in [5.41, 5.74) is 0.0222. The van der Waals surface area contributed by atoms with E-state index in [2.05, 4.69) is 5.32 Å². The molecular weight excluding hydrogens is 299 g/mol. The Hall–Kier alpha value is -1.51. The standard InChI is InChI=1S/C13H19FN2O4S/c1-2-3-7-20-8-6-16-13(17)10-4-5-11(14)12(9-10)21(15,18)19/h4-5,9H,2-3,6-8H2,1H3,(H,16,17)(H2,15,18,19). The maximum absolute atomic E-state index is 13.3. The smallest absolute Gasteiger partial charge is 0.251 e. The van der Waals surface area contributed by atoms with E-state index >= 15 is 0 Å². The summed E-state index contributed by atoms with van der Waals surface area (Å²) < 4.78 is 41.0. The minimum Gasteiger partial charge on any atom is -0.380 e. The van der Waals surface area contributed by atoms with Crippen LogP contribution >= 0.6 is 0 Å². The van der Waals surface area contributed by atoms with Crippen LogP contribution in [0.15, 0.2) is 23.1 Å². The van der Waals surface area contributed by atoms with Gasteiger partial charge in [0, 0.05) is 18.7 Å². The maximum atomic E-state index is 13.3. The summed E-state index contributed by atoms with van der Waals surface area (Å²) in [5.74, 6) is -1.50. The Bertz CT molecular complexity index is 590. The predicted octanol–water partition coefficient (Wildman–Crippen LogP) is 1.02. The first kappa shape index (κ1) is 17.5. The molecule has 0 atom stereocenters. The molecule has 0 aliphatic heterocycles. The zero-order valence-electron chi connectivity index (χ0n) is 11.8. The molecule has 118 valence electrons. The number of unbranched alkanes of at least 4 members (excludes halogenated alkanes) is 1. The molecule has 1 amide bonds. The van der Waals surface area contributed by atoms with Crippen molar-refractivity contribution in [1.82, 2.24) is 5.32 Å². The van der Waals surface area contributed by atoms with E-state index < -0.39 is 26.6 Å². The van der Waals surface area contributed by atoms with Gasteiger partial charge in [0.25, 0.3) is 5.91 Å². The van der Waals surface area contributed by atoms with Crippen molar-refractivity contribution in [2.24, 2.45) is 5.14 Å². The molecule has 0 spiro atoms.